The third kappa shape index (κ3) is 2.10. The highest BCUT2D eigenvalue weighted by atomic mass is 19.1. The number of nitrogen functional groups attached to an aromatic ring is 1. The molecule has 1 aromatic heterocycles. The van der Waals surface area contributed by atoms with Gasteiger partial charge in [0.05, 0.1) is 24.0 Å². The SMILES string of the molecule is COC(=O)c1c(N)c(C#N)cn1-c1cc(F)ccc1C. The maximum Gasteiger partial charge on any atom is 0.357 e. The fourth-order valence-corrected chi connectivity index (χ4v) is 1.95. The summed E-state index contributed by atoms with van der Waals surface area (Å²) in [5.74, 6) is -1.14. The number of rotatable bonds is 2. The Morgan fingerprint density at radius 1 is 1.50 bits per heavy atom. The van der Waals surface area contributed by atoms with E-state index >= 15 is 0 Å². The lowest BCUT2D eigenvalue weighted by Gasteiger charge is -2.11. The first-order chi connectivity index (χ1) is 9.49. The third-order valence-corrected chi connectivity index (χ3v) is 2.97. The van der Waals surface area contributed by atoms with E-state index in [2.05, 4.69) is 4.74 Å². The number of benzene rings is 1. The minimum Gasteiger partial charge on any atom is -0.464 e. The predicted octanol–water partition coefficient (Wildman–Crippen LogP) is 2.17. The van der Waals surface area contributed by atoms with Crippen LogP contribution in [0.1, 0.15) is 21.6 Å². The number of methoxy groups -OCH3 is 1. The van der Waals surface area contributed by atoms with Gasteiger partial charge in [-0.2, -0.15) is 5.26 Å². The topological polar surface area (TPSA) is 81.0 Å². The van der Waals surface area contributed by atoms with E-state index in [4.69, 9.17) is 11.0 Å². The molecule has 0 atom stereocenters. The average molecular weight is 273 g/mol. The van der Waals surface area contributed by atoms with E-state index in [0.717, 1.165) is 5.56 Å². The lowest BCUT2D eigenvalue weighted by Crippen LogP contribution is -2.12. The van der Waals surface area contributed by atoms with Gasteiger partial charge in [-0.05, 0) is 24.6 Å². The molecule has 0 amide bonds. The molecule has 6 heteroatoms. The second kappa shape index (κ2) is 5.05. The largest absolute Gasteiger partial charge is 0.464 e. The summed E-state index contributed by atoms with van der Waals surface area (Å²) < 4.78 is 19.4. The Balaban J connectivity index is 2.77. The van der Waals surface area contributed by atoms with Crippen molar-refractivity contribution in [3.63, 3.8) is 0 Å². The number of ether oxygens (including phenoxy) is 1. The number of aryl methyl sites for hydroxylation is 1. The Hall–Kier alpha value is -2.81. The molecular weight excluding hydrogens is 261 g/mol. The molecule has 1 aromatic carbocycles. The maximum atomic E-state index is 13.4. The lowest BCUT2D eigenvalue weighted by molar-refractivity contribution is 0.0593. The zero-order chi connectivity index (χ0) is 14.9. The first-order valence-corrected chi connectivity index (χ1v) is 5.75. The molecule has 2 N–H and O–H groups in total. The van der Waals surface area contributed by atoms with Crippen molar-refractivity contribution in [1.82, 2.24) is 4.57 Å². The van der Waals surface area contributed by atoms with Gasteiger partial charge in [0, 0.05) is 6.20 Å². The number of carbonyl (C=O) groups excluding carboxylic acids is 1. The zero-order valence-electron chi connectivity index (χ0n) is 11.0. The van der Waals surface area contributed by atoms with Crippen molar-refractivity contribution < 1.29 is 13.9 Å². The number of anilines is 1. The number of nitrogens with two attached hydrogens (primary N) is 1. The van der Waals surface area contributed by atoms with Gasteiger partial charge in [0.25, 0.3) is 0 Å². The van der Waals surface area contributed by atoms with Crippen molar-refractivity contribution in [1.29, 1.82) is 5.26 Å². The summed E-state index contributed by atoms with van der Waals surface area (Å²) in [6, 6.07) is 6.05. The van der Waals surface area contributed by atoms with Crippen molar-refractivity contribution in [2.45, 2.75) is 6.92 Å². The van der Waals surface area contributed by atoms with Crippen LogP contribution in [0.5, 0.6) is 0 Å². The van der Waals surface area contributed by atoms with Gasteiger partial charge in [0.1, 0.15) is 11.9 Å². The highest BCUT2D eigenvalue weighted by Crippen LogP contribution is 2.26. The van der Waals surface area contributed by atoms with Gasteiger partial charge in [0.15, 0.2) is 5.69 Å². The number of hydrogen-bond donors (Lipinski definition) is 1. The van der Waals surface area contributed by atoms with E-state index in [1.165, 1.54) is 30.0 Å². The van der Waals surface area contributed by atoms with Gasteiger partial charge in [-0.25, -0.2) is 9.18 Å². The molecule has 102 valence electrons. The quantitative estimate of drug-likeness (QED) is 0.850. The first kappa shape index (κ1) is 13.6. The molecular formula is C14H12FN3O2. The molecule has 0 aliphatic heterocycles. The Kier molecular flexibility index (Phi) is 3.44. The Morgan fingerprint density at radius 2 is 2.20 bits per heavy atom. The summed E-state index contributed by atoms with van der Waals surface area (Å²) in [5.41, 5.74) is 7.10. The summed E-state index contributed by atoms with van der Waals surface area (Å²) in [6.45, 7) is 1.76. The Morgan fingerprint density at radius 3 is 2.80 bits per heavy atom. The smallest absolute Gasteiger partial charge is 0.357 e. The molecule has 0 saturated carbocycles. The molecule has 20 heavy (non-hydrogen) atoms. The van der Waals surface area contributed by atoms with Crippen molar-refractivity contribution in [2.24, 2.45) is 0 Å². The van der Waals surface area contributed by atoms with Crippen molar-refractivity contribution in [3.8, 4) is 11.8 Å². The number of nitrogens with zero attached hydrogens (tertiary/aromatic N) is 2. The van der Waals surface area contributed by atoms with E-state index in [1.54, 1.807) is 13.0 Å². The molecule has 0 aliphatic rings. The summed E-state index contributed by atoms with van der Waals surface area (Å²) in [6.07, 6.45) is 1.39. The molecule has 0 spiro atoms. The minimum atomic E-state index is -0.687. The van der Waals surface area contributed by atoms with Crippen LogP contribution in [0.2, 0.25) is 0 Å². The maximum absolute atomic E-state index is 13.4. The number of carbonyl (C=O) groups is 1. The number of halogens is 1. The number of esters is 1. The van der Waals surface area contributed by atoms with Gasteiger partial charge in [-0.15, -0.1) is 0 Å². The molecule has 1 heterocycles. The van der Waals surface area contributed by atoms with Crippen molar-refractivity contribution in [3.05, 3.63) is 47.0 Å². The molecule has 5 nitrogen and oxygen atoms in total. The molecule has 2 aromatic rings. The second-order valence-corrected chi connectivity index (χ2v) is 4.21. The van der Waals surface area contributed by atoms with Crippen LogP contribution in [0.15, 0.2) is 24.4 Å². The molecule has 0 saturated heterocycles. The van der Waals surface area contributed by atoms with Gasteiger partial charge >= 0.3 is 5.97 Å². The highest BCUT2D eigenvalue weighted by Gasteiger charge is 2.22. The number of nitriles is 1. The van der Waals surface area contributed by atoms with Gasteiger partial charge in [0.2, 0.25) is 0 Å². The summed E-state index contributed by atoms with van der Waals surface area (Å²) in [7, 11) is 1.21. The van der Waals surface area contributed by atoms with E-state index < -0.39 is 11.8 Å². The van der Waals surface area contributed by atoms with Gasteiger partial charge < -0.3 is 15.0 Å². The molecule has 0 radical (unpaired) electrons. The van der Waals surface area contributed by atoms with Crippen LogP contribution in [0.4, 0.5) is 10.1 Å². The molecule has 2 rings (SSSR count). The van der Waals surface area contributed by atoms with Crippen molar-refractivity contribution >= 4 is 11.7 Å². The fourth-order valence-electron chi connectivity index (χ4n) is 1.95. The zero-order valence-corrected chi connectivity index (χ0v) is 11.0. The van der Waals surface area contributed by atoms with Crippen LogP contribution in [-0.4, -0.2) is 17.6 Å². The molecule has 0 aliphatic carbocycles. The summed E-state index contributed by atoms with van der Waals surface area (Å²) in [5, 5.41) is 9.01. The molecule has 0 unspecified atom stereocenters. The van der Waals surface area contributed by atoms with E-state index in [1.807, 2.05) is 6.07 Å². The van der Waals surface area contributed by atoms with Crippen LogP contribution in [0.25, 0.3) is 5.69 Å². The molecule has 0 bridgehead atoms. The minimum absolute atomic E-state index is 0.0118. The monoisotopic (exact) mass is 273 g/mol. The second-order valence-electron chi connectivity index (χ2n) is 4.21. The third-order valence-electron chi connectivity index (χ3n) is 2.97. The predicted molar refractivity (Wildman–Crippen MR) is 70.9 cm³/mol. The van der Waals surface area contributed by atoms with Crippen LogP contribution >= 0.6 is 0 Å². The van der Waals surface area contributed by atoms with E-state index in [-0.39, 0.29) is 16.9 Å². The van der Waals surface area contributed by atoms with Gasteiger partial charge in [-0.1, -0.05) is 6.07 Å². The van der Waals surface area contributed by atoms with Crippen molar-refractivity contribution in [2.75, 3.05) is 12.8 Å². The standard InChI is InChI=1S/C14H12FN3O2/c1-8-3-4-10(15)5-11(8)18-7-9(6-16)12(17)13(18)14(19)20-2/h3-5,7H,17H2,1-2H3. The average Bonchev–Trinajstić information content (AvgIpc) is 2.77. The van der Waals surface area contributed by atoms with Crippen LogP contribution in [0.3, 0.4) is 0 Å². The van der Waals surface area contributed by atoms with E-state index in [0.29, 0.717) is 5.69 Å². The van der Waals surface area contributed by atoms with Crippen LogP contribution in [0, 0.1) is 24.1 Å². The summed E-state index contributed by atoms with van der Waals surface area (Å²) in [4.78, 5) is 11.8. The fraction of sp³-hybridized carbons (Fsp3) is 0.143. The first-order valence-electron chi connectivity index (χ1n) is 5.75. The molecule has 0 fully saturated rings. The Labute approximate surface area is 115 Å². The number of hydrogen-bond acceptors (Lipinski definition) is 4. The van der Waals surface area contributed by atoms with Gasteiger partial charge in [-0.3, -0.25) is 0 Å². The summed E-state index contributed by atoms with van der Waals surface area (Å²) >= 11 is 0. The highest BCUT2D eigenvalue weighted by molar-refractivity contribution is 5.96. The van der Waals surface area contributed by atoms with Crippen LogP contribution < -0.4 is 5.73 Å². The Bertz CT molecular complexity index is 729. The lowest BCUT2D eigenvalue weighted by atomic mass is 10.2. The number of aromatic nitrogens is 1. The van der Waals surface area contributed by atoms with Crippen LogP contribution in [-0.2, 0) is 4.74 Å². The van der Waals surface area contributed by atoms with E-state index in [9.17, 15) is 9.18 Å². The normalized spacial score (nSPS) is 10.1.